The molecule has 1 fully saturated rings. The molecule has 11 nitrogen and oxygen atoms in total. The van der Waals surface area contributed by atoms with Gasteiger partial charge in [-0.15, -0.1) is 0 Å². The Morgan fingerprint density at radius 2 is 1.74 bits per heavy atom. The van der Waals surface area contributed by atoms with Crippen LogP contribution in [0.3, 0.4) is 0 Å². The Bertz CT molecular complexity index is 2220. The SMILES string of the molecule is COc1nc(-c2cccc(-c3cccc(-c4ccn5c(=O)c(C6=NCC(O)CN6)c(C)nc5c4)c3Cl)c2Cl)ccc1CNC[C@@H]1CCC(=O)N1. The van der Waals surface area contributed by atoms with Gasteiger partial charge in [0.1, 0.15) is 17.0 Å². The fraction of sp³-hybridized carbons (Fsp3) is 0.270. The summed E-state index contributed by atoms with van der Waals surface area (Å²) in [5.74, 6) is 1.01. The predicted octanol–water partition coefficient (Wildman–Crippen LogP) is 4.79. The van der Waals surface area contributed by atoms with Crippen LogP contribution in [0.5, 0.6) is 5.88 Å². The smallest absolute Gasteiger partial charge is 0.269 e. The molecule has 5 aromatic rings. The Kier molecular flexibility index (Phi) is 9.56. The van der Waals surface area contributed by atoms with Gasteiger partial charge in [0.2, 0.25) is 11.8 Å². The quantitative estimate of drug-likeness (QED) is 0.171. The number of aryl methyl sites for hydroxylation is 1. The lowest BCUT2D eigenvalue weighted by Crippen LogP contribution is -2.42. The number of hydrogen-bond acceptors (Lipinski definition) is 9. The number of halogens is 2. The number of benzene rings is 2. The number of carbonyl (C=O) groups is 1. The Labute approximate surface area is 298 Å². The molecule has 1 unspecified atom stereocenters. The topological polar surface area (TPSA) is 142 Å². The third-order valence-electron chi connectivity index (χ3n) is 9.01. The maximum Gasteiger partial charge on any atom is 0.269 e. The zero-order chi connectivity index (χ0) is 34.9. The van der Waals surface area contributed by atoms with Gasteiger partial charge in [-0.05, 0) is 37.1 Å². The first-order chi connectivity index (χ1) is 24.2. The van der Waals surface area contributed by atoms with Crippen molar-refractivity contribution in [2.45, 2.75) is 38.5 Å². The second-order valence-corrected chi connectivity index (χ2v) is 13.1. The van der Waals surface area contributed by atoms with Crippen LogP contribution in [-0.2, 0) is 11.3 Å². The molecule has 2 aliphatic heterocycles. The van der Waals surface area contributed by atoms with E-state index in [4.69, 9.17) is 37.9 Å². The van der Waals surface area contributed by atoms with Crippen molar-refractivity contribution in [2.75, 3.05) is 26.7 Å². The highest BCUT2D eigenvalue weighted by Gasteiger charge is 2.22. The van der Waals surface area contributed by atoms with Crippen LogP contribution in [0.1, 0.15) is 29.7 Å². The van der Waals surface area contributed by atoms with Crippen LogP contribution in [0.2, 0.25) is 10.0 Å². The van der Waals surface area contributed by atoms with Crippen LogP contribution in [0.25, 0.3) is 39.2 Å². The minimum absolute atomic E-state index is 0.0907. The molecular weight excluding hydrogens is 677 g/mol. The lowest BCUT2D eigenvalue weighted by Gasteiger charge is -2.20. The number of amidine groups is 1. The molecule has 2 aromatic carbocycles. The van der Waals surface area contributed by atoms with E-state index in [0.29, 0.717) is 70.4 Å². The fourth-order valence-electron chi connectivity index (χ4n) is 6.43. The average Bonchev–Trinajstić information content (AvgIpc) is 3.54. The number of aliphatic hydroxyl groups is 1. The molecule has 7 rings (SSSR count). The molecule has 50 heavy (non-hydrogen) atoms. The summed E-state index contributed by atoms with van der Waals surface area (Å²) in [5.41, 5.74) is 6.41. The molecule has 0 aliphatic carbocycles. The highest BCUT2D eigenvalue weighted by atomic mass is 35.5. The molecule has 2 aliphatic rings. The molecule has 4 N–H and O–H groups in total. The second kappa shape index (κ2) is 14.2. The summed E-state index contributed by atoms with van der Waals surface area (Å²) < 4.78 is 7.13. The molecule has 3 aromatic heterocycles. The number of rotatable bonds is 9. The van der Waals surface area contributed by atoms with Gasteiger partial charge in [-0.1, -0.05) is 65.7 Å². The lowest BCUT2D eigenvalue weighted by molar-refractivity contribution is -0.119. The number of nitrogens with zero attached hydrogens (tertiary/aromatic N) is 4. The minimum Gasteiger partial charge on any atom is -0.481 e. The first-order valence-corrected chi connectivity index (χ1v) is 17.1. The molecule has 0 spiro atoms. The first kappa shape index (κ1) is 33.7. The van der Waals surface area contributed by atoms with E-state index >= 15 is 0 Å². The number of β-amino-alcohol motifs (C(OH)–C–C–N with tert-alkyl or cyclic N) is 1. The highest BCUT2D eigenvalue weighted by molar-refractivity contribution is 6.39. The number of aromatic nitrogens is 3. The summed E-state index contributed by atoms with van der Waals surface area (Å²) in [4.78, 5) is 38.9. The highest BCUT2D eigenvalue weighted by Crippen LogP contribution is 2.42. The normalized spacial score (nSPS) is 17.4. The number of methoxy groups -OCH3 is 1. The zero-order valence-corrected chi connectivity index (χ0v) is 29.0. The molecule has 1 saturated heterocycles. The summed E-state index contributed by atoms with van der Waals surface area (Å²) in [7, 11) is 1.59. The molecule has 5 heterocycles. The van der Waals surface area contributed by atoms with Gasteiger partial charge in [0.05, 0.1) is 41.2 Å². The van der Waals surface area contributed by atoms with E-state index in [1.807, 2.05) is 60.7 Å². The predicted molar refractivity (Wildman–Crippen MR) is 195 cm³/mol. The van der Waals surface area contributed by atoms with Gasteiger partial charge < -0.3 is 25.8 Å². The molecule has 0 bridgehead atoms. The number of pyridine rings is 2. The van der Waals surface area contributed by atoms with Gasteiger partial charge in [-0.2, -0.15) is 0 Å². The van der Waals surface area contributed by atoms with Gasteiger partial charge >= 0.3 is 0 Å². The van der Waals surface area contributed by atoms with Gasteiger partial charge in [0.25, 0.3) is 5.56 Å². The molecule has 256 valence electrons. The van der Waals surface area contributed by atoms with Crippen LogP contribution in [0.15, 0.2) is 76.6 Å². The number of ether oxygens (including phenoxy) is 1. The number of hydrogen-bond donors (Lipinski definition) is 4. The monoisotopic (exact) mass is 711 g/mol. The van der Waals surface area contributed by atoms with Gasteiger partial charge in [0.15, 0.2) is 0 Å². The first-order valence-electron chi connectivity index (χ1n) is 16.3. The molecule has 0 radical (unpaired) electrons. The Balaban J connectivity index is 1.17. The van der Waals surface area contributed by atoms with Crippen LogP contribution in [0, 0.1) is 6.92 Å². The van der Waals surface area contributed by atoms with E-state index in [-0.39, 0.29) is 24.1 Å². The zero-order valence-electron chi connectivity index (χ0n) is 27.5. The summed E-state index contributed by atoms with van der Waals surface area (Å²) in [6.45, 7) is 3.52. The van der Waals surface area contributed by atoms with E-state index in [9.17, 15) is 14.7 Å². The van der Waals surface area contributed by atoms with Crippen molar-refractivity contribution in [3.63, 3.8) is 0 Å². The Morgan fingerprint density at radius 3 is 2.44 bits per heavy atom. The molecule has 13 heteroatoms. The Hall–Kier alpha value is -4.81. The number of amides is 1. The maximum absolute atomic E-state index is 13.5. The van der Waals surface area contributed by atoms with Crippen LogP contribution in [0.4, 0.5) is 0 Å². The van der Waals surface area contributed by atoms with Crippen molar-refractivity contribution in [3.8, 4) is 39.4 Å². The van der Waals surface area contributed by atoms with E-state index < -0.39 is 6.10 Å². The molecule has 0 saturated carbocycles. The summed E-state index contributed by atoms with van der Waals surface area (Å²) in [5, 5.41) is 20.2. The van der Waals surface area contributed by atoms with Crippen molar-refractivity contribution in [1.82, 2.24) is 30.3 Å². The van der Waals surface area contributed by atoms with Crippen molar-refractivity contribution in [3.05, 3.63) is 104 Å². The number of aliphatic hydroxyl groups excluding tert-OH is 1. The van der Waals surface area contributed by atoms with Gasteiger partial charge in [-0.25, -0.2) is 9.97 Å². The third-order valence-corrected chi connectivity index (χ3v) is 9.83. The number of nitrogens with one attached hydrogen (secondary N) is 3. The minimum atomic E-state index is -0.588. The third kappa shape index (κ3) is 6.57. The number of fused-ring (bicyclic) bond motifs is 1. The molecule has 2 atom stereocenters. The molecule has 1 amide bonds. The lowest BCUT2D eigenvalue weighted by atomic mass is 9.97. The fourth-order valence-corrected chi connectivity index (χ4v) is 7.09. The van der Waals surface area contributed by atoms with Crippen molar-refractivity contribution in [1.29, 1.82) is 0 Å². The second-order valence-electron chi connectivity index (χ2n) is 12.4. The largest absolute Gasteiger partial charge is 0.481 e. The average molecular weight is 713 g/mol. The van der Waals surface area contributed by atoms with Gasteiger partial charge in [-0.3, -0.25) is 19.0 Å². The van der Waals surface area contributed by atoms with E-state index in [1.165, 1.54) is 4.40 Å². The van der Waals surface area contributed by atoms with E-state index in [1.54, 1.807) is 20.2 Å². The van der Waals surface area contributed by atoms with Crippen molar-refractivity contribution in [2.24, 2.45) is 4.99 Å². The van der Waals surface area contributed by atoms with Crippen molar-refractivity contribution < 1.29 is 14.6 Å². The maximum atomic E-state index is 13.5. The van der Waals surface area contributed by atoms with E-state index in [2.05, 4.69) is 20.9 Å². The number of aliphatic imine (C=N–C) groups is 1. The van der Waals surface area contributed by atoms with Crippen LogP contribution in [-0.4, -0.2) is 70.1 Å². The Morgan fingerprint density at radius 1 is 1.00 bits per heavy atom. The van der Waals surface area contributed by atoms with Crippen LogP contribution < -0.4 is 26.2 Å². The number of carbonyl (C=O) groups excluding carboxylic acids is 1. The van der Waals surface area contributed by atoms with Crippen LogP contribution >= 0.6 is 23.2 Å². The summed E-state index contributed by atoms with van der Waals surface area (Å²) in [6, 6.07) is 19.2. The summed E-state index contributed by atoms with van der Waals surface area (Å²) >= 11 is 14.2. The van der Waals surface area contributed by atoms with Gasteiger partial charge in [0, 0.05) is 66.1 Å². The van der Waals surface area contributed by atoms with Crippen molar-refractivity contribution >= 4 is 40.6 Å². The standard InChI is InChI=1S/C37H35Cl2N7O4/c1-20-32(35-41-18-24(47)19-42-35)37(49)46-14-13-21(15-30(46)43-20)25-5-3-6-26(33(25)38)27-7-4-8-28(34(27)39)29-11-9-22(36(45-29)50-2)16-40-17-23-10-12-31(48)44-23/h3-9,11,13-15,23-24,40,47H,10,12,16-19H2,1-2H3,(H,41,42)(H,44,48)/t23-/m0/s1. The van der Waals surface area contributed by atoms with E-state index in [0.717, 1.165) is 39.8 Å². The summed E-state index contributed by atoms with van der Waals surface area (Å²) in [6.07, 6.45) is 2.48. The molecular formula is C37H35Cl2N7O4.